The van der Waals surface area contributed by atoms with Gasteiger partial charge in [-0.2, -0.15) is 0 Å². The van der Waals surface area contributed by atoms with Crippen LogP contribution >= 0.6 is 0 Å². The Morgan fingerprint density at radius 2 is 2.05 bits per heavy atom. The quantitative estimate of drug-likeness (QED) is 0.537. The summed E-state index contributed by atoms with van der Waals surface area (Å²) in [6.07, 6.45) is 0. The molecule has 0 aliphatic heterocycles. The van der Waals surface area contributed by atoms with Crippen LogP contribution in [0.1, 0.15) is 0 Å². The van der Waals surface area contributed by atoms with E-state index >= 15 is 0 Å². The molecule has 11 heteroatoms. The van der Waals surface area contributed by atoms with Gasteiger partial charge in [0.1, 0.15) is 10.7 Å². The first-order valence-electron chi connectivity index (χ1n) is 4.54. The molecule has 0 aliphatic carbocycles. The molecule has 0 unspecified atom stereocenters. The number of primary amides is 1. The lowest BCUT2D eigenvalue weighted by molar-refractivity contribution is -0.386. The number of primary sulfonamides is 1. The van der Waals surface area contributed by atoms with Crippen LogP contribution in [0.4, 0.5) is 10.1 Å². The molecule has 4 N–H and O–H groups in total. The van der Waals surface area contributed by atoms with Gasteiger partial charge < -0.3 is 10.5 Å². The summed E-state index contributed by atoms with van der Waals surface area (Å²) >= 11 is 0. The van der Waals surface area contributed by atoms with Gasteiger partial charge in [-0.25, -0.2) is 17.9 Å². The zero-order valence-electron chi connectivity index (χ0n) is 9.20. The number of nitrogens with two attached hydrogens (primary N) is 2. The number of hydrogen-bond donors (Lipinski definition) is 2. The first kappa shape index (κ1) is 14.8. The maximum atomic E-state index is 13.4. The highest BCUT2D eigenvalue weighted by atomic mass is 32.2. The van der Waals surface area contributed by atoms with Gasteiger partial charge in [-0.05, 0) is 0 Å². The highest BCUT2D eigenvalue weighted by Crippen LogP contribution is 2.31. The number of amides is 1. The highest BCUT2D eigenvalue weighted by Gasteiger charge is 2.25. The van der Waals surface area contributed by atoms with Crippen molar-refractivity contribution in [3.05, 3.63) is 28.1 Å². The fourth-order valence-corrected chi connectivity index (χ4v) is 1.76. The Morgan fingerprint density at radius 1 is 1.47 bits per heavy atom. The molecule has 0 bridgehead atoms. The minimum absolute atomic E-state index is 0.404. The Morgan fingerprint density at radius 3 is 2.47 bits per heavy atom. The number of nitro groups is 1. The van der Waals surface area contributed by atoms with Crippen molar-refractivity contribution in [1.82, 2.24) is 0 Å². The van der Waals surface area contributed by atoms with Crippen LogP contribution < -0.4 is 15.6 Å². The Labute approximate surface area is 106 Å². The largest absolute Gasteiger partial charge is 0.477 e. The van der Waals surface area contributed by atoms with E-state index in [0.717, 1.165) is 0 Å². The number of rotatable bonds is 5. The fraction of sp³-hybridized carbons (Fsp3) is 0.125. The van der Waals surface area contributed by atoms with E-state index in [1.807, 2.05) is 0 Å². The van der Waals surface area contributed by atoms with Crippen LogP contribution in [-0.4, -0.2) is 25.9 Å². The van der Waals surface area contributed by atoms with Crippen LogP contribution in [0, 0.1) is 15.9 Å². The number of carbonyl (C=O) groups excluding carboxylic acids is 1. The van der Waals surface area contributed by atoms with Crippen molar-refractivity contribution >= 4 is 21.6 Å². The van der Waals surface area contributed by atoms with E-state index in [1.54, 1.807) is 0 Å². The fourth-order valence-electron chi connectivity index (χ4n) is 1.15. The second kappa shape index (κ2) is 5.16. The molecule has 19 heavy (non-hydrogen) atoms. The number of halogens is 1. The third kappa shape index (κ3) is 3.59. The van der Waals surface area contributed by atoms with Crippen molar-refractivity contribution in [3.63, 3.8) is 0 Å². The Balaban J connectivity index is 3.38. The van der Waals surface area contributed by atoms with Crippen molar-refractivity contribution in [3.8, 4) is 5.75 Å². The topological polar surface area (TPSA) is 156 Å². The molecule has 1 rings (SSSR count). The summed E-state index contributed by atoms with van der Waals surface area (Å²) < 4.78 is 40.1. The number of nitrogens with zero attached hydrogens (tertiary/aromatic N) is 1. The summed E-state index contributed by atoms with van der Waals surface area (Å²) in [5, 5.41) is 15.4. The molecule has 0 atom stereocenters. The van der Waals surface area contributed by atoms with E-state index in [2.05, 4.69) is 4.74 Å². The number of benzene rings is 1. The van der Waals surface area contributed by atoms with Crippen molar-refractivity contribution in [2.24, 2.45) is 10.9 Å². The van der Waals surface area contributed by atoms with Gasteiger partial charge in [-0.1, -0.05) is 0 Å². The van der Waals surface area contributed by atoms with Gasteiger partial charge in [-0.15, -0.1) is 0 Å². The van der Waals surface area contributed by atoms with Crippen LogP contribution in [0.15, 0.2) is 17.0 Å². The van der Waals surface area contributed by atoms with Gasteiger partial charge in [0, 0.05) is 12.1 Å². The number of sulfonamides is 1. The zero-order chi connectivity index (χ0) is 14.8. The first-order chi connectivity index (χ1) is 8.62. The van der Waals surface area contributed by atoms with E-state index in [0.29, 0.717) is 12.1 Å². The van der Waals surface area contributed by atoms with Crippen LogP contribution in [-0.2, 0) is 14.8 Å². The zero-order valence-corrected chi connectivity index (χ0v) is 10.0. The molecular formula is C8H8FN3O6S. The summed E-state index contributed by atoms with van der Waals surface area (Å²) in [6, 6.07) is 0.849. The predicted octanol–water partition coefficient (Wildman–Crippen LogP) is -0.755. The van der Waals surface area contributed by atoms with Gasteiger partial charge in [0.25, 0.3) is 5.91 Å². The molecule has 9 nitrogen and oxygen atoms in total. The van der Waals surface area contributed by atoms with Gasteiger partial charge in [0.15, 0.2) is 6.61 Å². The second-order valence-corrected chi connectivity index (χ2v) is 4.84. The third-order valence-electron chi connectivity index (χ3n) is 1.89. The molecule has 0 radical (unpaired) electrons. The Bertz CT molecular complexity index is 644. The lowest BCUT2D eigenvalue weighted by atomic mass is 10.3. The average molecular weight is 293 g/mol. The first-order valence-corrected chi connectivity index (χ1v) is 6.09. The van der Waals surface area contributed by atoms with Crippen molar-refractivity contribution in [1.29, 1.82) is 0 Å². The van der Waals surface area contributed by atoms with Crippen LogP contribution in [0.3, 0.4) is 0 Å². The van der Waals surface area contributed by atoms with E-state index in [4.69, 9.17) is 10.9 Å². The number of hydrogen-bond acceptors (Lipinski definition) is 6. The SMILES string of the molecule is NC(=O)COc1cc(F)c(S(N)(=O)=O)cc1[N+](=O)[O-]. The van der Waals surface area contributed by atoms with E-state index in [1.165, 1.54) is 0 Å². The summed E-state index contributed by atoms with van der Waals surface area (Å²) in [5.74, 6) is -2.91. The maximum absolute atomic E-state index is 13.4. The molecule has 1 amide bonds. The van der Waals surface area contributed by atoms with Crippen LogP contribution in [0.25, 0.3) is 0 Å². The predicted molar refractivity (Wildman–Crippen MR) is 59.1 cm³/mol. The van der Waals surface area contributed by atoms with E-state index in [9.17, 15) is 27.7 Å². The lowest BCUT2D eigenvalue weighted by Crippen LogP contribution is -2.21. The Kier molecular flexibility index (Phi) is 4.01. The highest BCUT2D eigenvalue weighted by molar-refractivity contribution is 7.89. The number of ether oxygens (including phenoxy) is 1. The van der Waals surface area contributed by atoms with Crippen LogP contribution in [0.5, 0.6) is 5.75 Å². The number of carbonyl (C=O) groups is 1. The third-order valence-corrected chi connectivity index (χ3v) is 2.81. The van der Waals surface area contributed by atoms with Crippen molar-refractivity contribution in [2.45, 2.75) is 4.90 Å². The molecule has 0 saturated heterocycles. The standard InChI is InChI=1S/C8H8FN3O6S/c9-4-1-6(18-3-8(10)13)5(12(14)15)2-7(4)19(11,16)17/h1-2H,3H2,(H2,10,13)(H2,11,16,17). The Hall–Kier alpha value is -2.27. The normalized spacial score (nSPS) is 11.1. The molecule has 104 valence electrons. The number of nitro benzene ring substituents is 1. The molecule has 0 fully saturated rings. The molecule has 0 saturated carbocycles. The van der Waals surface area contributed by atoms with Crippen molar-refractivity contribution in [2.75, 3.05) is 6.61 Å². The molecule has 1 aromatic carbocycles. The van der Waals surface area contributed by atoms with Gasteiger partial charge >= 0.3 is 5.69 Å². The molecule has 0 heterocycles. The van der Waals surface area contributed by atoms with Crippen molar-refractivity contribution < 1.29 is 27.3 Å². The summed E-state index contributed by atoms with van der Waals surface area (Å²) in [5.41, 5.74) is 3.91. The summed E-state index contributed by atoms with van der Waals surface area (Å²) in [7, 11) is -4.46. The van der Waals surface area contributed by atoms with E-state index < -0.39 is 49.6 Å². The smallest absolute Gasteiger partial charge is 0.312 e. The second-order valence-electron chi connectivity index (χ2n) is 3.31. The monoisotopic (exact) mass is 293 g/mol. The summed E-state index contributed by atoms with van der Waals surface area (Å²) in [4.78, 5) is 19.1. The molecule has 0 spiro atoms. The van der Waals surface area contributed by atoms with Crippen LogP contribution in [0.2, 0.25) is 0 Å². The van der Waals surface area contributed by atoms with Gasteiger partial charge in [-0.3, -0.25) is 14.9 Å². The van der Waals surface area contributed by atoms with Gasteiger partial charge in [0.2, 0.25) is 15.8 Å². The summed E-state index contributed by atoms with van der Waals surface area (Å²) in [6.45, 7) is -0.727. The average Bonchev–Trinajstić information content (AvgIpc) is 2.23. The molecular weight excluding hydrogens is 285 g/mol. The lowest BCUT2D eigenvalue weighted by Gasteiger charge is -2.07. The van der Waals surface area contributed by atoms with Gasteiger partial charge in [0.05, 0.1) is 4.92 Å². The molecule has 1 aromatic rings. The maximum Gasteiger partial charge on any atom is 0.312 e. The minimum Gasteiger partial charge on any atom is -0.477 e. The molecule has 0 aliphatic rings. The molecule has 0 aromatic heterocycles. The minimum atomic E-state index is -4.46. The van der Waals surface area contributed by atoms with E-state index in [-0.39, 0.29) is 0 Å².